The molecule has 0 aliphatic carbocycles. The van der Waals surface area contributed by atoms with Gasteiger partial charge < -0.3 is 14.6 Å². The third-order valence-electron chi connectivity index (χ3n) is 4.50. The number of rotatable bonds is 7. The van der Waals surface area contributed by atoms with Gasteiger partial charge in [-0.15, -0.1) is 0 Å². The van der Waals surface area contributed by atoms with Crippen LogP contribution in [0.15, 0.2) is 54.9 Å². The van der Waals surface area contributed by atoms with Crippen molar-refractivity contribution in [1.82, 2.24) is 14.7 Å². The van der Waals surface area contributed by atoms with E-state index in [4.69, 9.17) is 9.47 Å². The highest BCUT2D eigenvalue weighted by atomic mass is 19.1. The van der Waals surface area contributed by atoms with Crippen LogP contribution in [0, 0.1) is 5.82 Å². The average Bonchev–Trinajstić information content (AvgIpc) is 3.31. The normalized spacial score (nSPS) is 13.9. The Balaban J connectivity index is 1.48. The number of hydrogen-bond acceptors (Lipinski definition) is 5. The van der Waals surface area contributed by atoms with Gasteiger partial charge in [0.1, 0.15) is 5.82 Å². The monoisotopic (exact) mass is 383 g/mol. The molecule has 4 rings (SSSR count). The van der Waals surface area contributed by atoms with Crippen LogP contribution in [0.5, 0.6) is 11.5 Å². The van der Waals surface area contributed by atoms with Gasteiger partial charge in [-0.25, -0.2) is 9.07 Å². The minimum atomic E-state index is -0.457. The lowest BCUT2D eigenvalue weighted by Crippen LogP contribution is -2.30. The molecule has 0 bridgehead atoms. The van der Waals surface area contributed by atoms with Crippen LogP contribution in [-0.4, -0.2) is 39.2 Å². The number of fused-ring (bicyclic) bond motifs is 1. The molecule has 1 aliphatic rings. The summed E-state index contributed by atoms with van der Waals surface area (Å²) in [5, 5.41) is 14.3. The maximum Gasteiger partial charge on any atom is 0.231 e. The van der Waals surface area contributed by atoms with E-state index in [2.05, 4.69) is 10.00 Å². The number of aromatic nitrogens is 2. The fourth-order valence-electron chi connectivity index (χ4n) is 3.29. The molecule has 0 saturated heterocycles. The van der Waals surface area contributed by atoms with E-state index >= 15 is 0 Å². The first-order valence-electron chi connectivity index (χ1n) is 9.15. The van der Waals surface area contributed by atoms with E-state index in [-0.39, 0.29) is 12.6 Å². The number of nitrogens with zero attached hydrogens (tertiary/aromatic N) is 3. The second-order valence-electron chi connectivity index (χ2n) is 6.98. The SMILES string of the molecule is C[C@H](O)CN(Cc1ccc2c(c1)OCO2)Cc1cnn(-c2ccc(F)cc2)c1. The van der Waals surface area contributed by atoms with E-state index in [0.29, 0.717) is 19.6 Å². The topological polar surface area (TPSA) is 59.8 Å². The summed E-state index contributed by atoms with van der Waals surface area (Å²) in [5.74, 6) is 1.23. The minimum absolute atomic E-state index is 0.249. The van der Waals surface area contributed by atoms with E-state index in [1.165, 1.54) is 12.1 Å². The smallest absolute Gasteiger partial charge is 0.231 e. The standard InChI is InChI=1S/C21H22FN3O3/c1-15(26)10-24(11-16-2-7-20-21(8-16)28-14-27-20)12-17-9-23-25(13-17)19-5-3-18(22)4-6-19/h2-9,13,15,26H,10-12,14H2,1H3/t15-/m0/s1. The summed E-state index contributed by atoms with van der Waals surface area (Å²) in [6, 6.07) is 12.1. The molecule has 0 fully saturated rings. The molecule has 0 unspecified atom stereocenters. The van der Waals surface area contributed by atoms with Gasteiger partial charge in [0.05, 0.1) is 18.0 Å². The maximum absolute atomic E-state index is 13.1. The molecule has 0 spiro atoms. The van der Waals surface area contributed by atoms with Crippen molar-refractivity contribution in [2.75, 3.05) is 13.3 Å². The van der Waals surface area contributed by atoms with Crippen molar-refractivity contribution >= 4 is 0 Å². The van der Waals surface area contributed by atoms with E-state index in [9.17, 15) is 9.50 Å². The summed E-state index contributed by atoms with van der Waals surface area (Å²) in [7, 11) is 0. The van der Waals surface area contributed by atoms with Gasteiger partial charge in [-0.2, -0.15) is 5.10 Å². The second kappa shape index (κ2) is 8.00. The van der Waals surface area contributed by atoms with Gasteiger partial charge in [0.15, 0.2) is 11.5 Å². The number of ether oxygens (including phenoxy) is 2. The van der Waals surface area contributed by atoms with E-state index < -0.39 is 6.10 Å². The molecule has 28 heavy (non-hydrogen) atoms. The van der Waals surface area contributed by atoms with Gasteiger partial charge in [-0.05, 0) is 48.9 Å². The summed E-state index contributed by atoms with van der Waals surface area (Å²) in [4.78, 5) is 2.15. The number of halogens is 1. The zero-order valence-electron chi connectivity index (χ0n) is 15.6. The van der Waals surface area contributed by atoms with Crippen LogP contribution < -0.4 is 9.47 Å². The molecule has 2 aromatic carbocycles. The maximum atomic E-state index is 13.1. The lowest BCUT2D eigenvalue weighted by Gasteiger charge is -2.23. The minimum Gasteiger partial charge on any atom is -0.454 e. The molecule has 6 nitrogen and oxygen atoms in total. The molecule has 2 heterocycles. The third kappa shape index (κ3) is 4.32. The molecule has 3 aromatic rings. The fourth-order valence-corrected chi connectivity index (χ4v) is 3.29. The Labute approximate surface area is 162 Å². The van der Waals surface area contributed by atoms with Crippen LogP contribution >= 0.6 is 0 Å². The van der Waals surface area contributed by atoms with Crippen molar-refractivity contribution in [3.05, 3.63) is 71.8 Å². The Morgan fingerprint density at radius 1 is 1.11 bits per heavy atom. The molecule has 7 heteroatoms. The van der Waals surface area contributed by atoms with Crippen LogP contribution in [0.1, 0.15) is 18.1 Å². The Hall–Kier alpha value is -2.90. The van der Waals surface area contributed by atoms with Crippen molar-refractivity contribution < 1.29 is 19.0 Å². The van der Waals surface area contributed by atoms with Gasteiger partial charge >= 0.3 is 0 Å². The zero-order valence-corrected chi connectivity index (χ0v) is 15.6. The number of aliphatic hydroxyl groups is 1. The zero-order chi connectivity index (χ0) is 19.5. The van der Waals surface area contributed by atoms with E-state index in [0.717, 1.165) is 28.3 Å². The predicted octanol–water partition coefficient (Wildman–Crippen LogP) is 3.12. The Bertz CT molecular complexity index is 940. The van der Waals surface area contributed by atoms with Crippen molar-refractivity contribution in [1.29, 1.82) is 0 Å². The molecule has 1 atom stereocenters. The van der Waals surface area contributed by atoms with Crippen molar-refractivity contribution in [3.63, 3.8) is 0 Å². The highest BCUT2D eigenvalue weighted by Crippen LogP contribution is 2.33. The summed E-state index contributed by atoms with van der Waals surface area (Å²) in [5.41, 5.74) is 2.88. The first-order valence-corrected chi connectivity index (χ1v) is 9.15. The molecule has 1 N–H and O–H groups in total. The summed E-state index contributed by atoms with van der Waals surface area (Å²) in [6.45, 7) is 3.83. The first kappa shape index (κ1) is 18.5. The van der Waals surface area contributed by atoms with E-state index in [1.807, 2.05) is 24.4 Å². The summed E-state index contributed by atoms with van der Waals surface area (Å²) in [6.07, 6.45) is 3.25. The number of benzene rings is 2. The van der Waals surface area contributed by atoms with Gasteiger partial charge in [0.2, 0.25) is 6.79 Å². The highest BCUT2D eigenvalue weighted by Gasteiger charge is 2.16. The third-order valence-corrected chi connectivity index (χ3v) is 4.50. The molecular weight excluding hydrogens is 361 g/mol. The molecule has 146 valence electrons. The summed E-state index contributed by atoms with van der Waals surface area (Å²) < 4.78 is 25.6. The van der Waals surface area contributed by atoms with Crippen LogP contribution in [0.2, 0.25) is 0 Å². The fraction of sp³-hybridized carbons (Fsp3) is 0.286. The number of hydrogen-bond donors (Lipinski definition) is 1. The second-order valence-corrected chi connectivity index (χ2v) is 6.98. The molecule has 0 radical (unpaired) electrons. The van der Waals surface area contributed by atoms with Gasteiger partial charge in [-0.3, -0.25) is 4.90 Å². The van der Waals surface area contributed by atoms with Crippen LogP contribution in [0.3, 0.4) is 0 Å². The quantitative estimate of drug-likeness (QED) is 0.679. The lowest BCUT2D eigenvalue weighted by molar-refractivity contribution is 0.118. The van der Waals surface area contributed by atoms with E-state index in [1.54, 1.807) is 29.9 Å². The number of aliphatic hydroxyl groups excluding tert-OH is 1. The van der Waals surface area contributed by atoms with Gasteiger partial charge in [-0.1, -0.05) is 6.07 Å². The predicted molar refractivity (Wildman–Crippen MR) is 102 cm³/mol. The average molecular weight is 383 g/mol. The van der Waals surface area contributed by atoms with Gasteiger partial charge in [0.25, 0.3) is 0 Å². The lowest BCUT2D eigenvalue weighted by atomic mass is 10.1. The molecule has 0 amide bonds. The molecule has 1 aromatic heterocycles. The Kier molecular flexibility index (Phi) is 5.27. The molecular formula is C21H22FN3O3. The Morgan fingerprint density at radius 3 is 2.64 bits per heavy atom. The largest absolute Gasteiger partial charge is 0.454 e. The molecule has 0 saturated carbocycles. The van der Waals surface area contributed by atoms with Crippen molar-refractivity contribution in [2.24, 2.45) is 0 Å². The van der Waals surface area contributed by atoms with Crippen molar-refractivity contribution in [3.8, 4) is 17.2 Å². The van der Waals surface area contributed by atoms with Crippen molar-refractivity contribution in [2.45, 2.75) is 26.1 Å². The van der Waals surface area contributed by atoms with Crippen LogP contribution in [0.4, 0.5) is 4.39 Å². The molecule has 1 aliphatic heterocycles. The van der Waals surface area contributed by atoms with Crippen LogP contribution in [0.25, 0.3) is 5.69 Å². The highest BCUT2D eigenvalue weighted by molar-refractivity contribution is 5.44. The first-order chi connectivity index (χ1) is 13.6. The van der Waals surface area contributed by atoms with Crippen LogP contribution in [-0.2, 0) is 13.1 Å². The van der Waals surface area contributed by atoms with Gasteiger partial charge in [0, 0.05) is 31.4 Å². The Morgan fingerprint density at radius 2 is 1.86 bits per heavy atom. The summed E-state index contributed by atoms with van der Waals surface area (Å²) >= 11 is 0.